The fourth-order valence-corrected chi connectivity index (χ4v) is 2.87. The molecule has 6 nitrogen and oxygen atoms in total. The maximum absolute atomic E-state index is 12.6. The van der Waals surface area contributed by atoms with Crippen molar-refractivity contribution in [3.05, 3.63) is 51.5 Å². The van der Waals surface area contributed by atoms with E-state index in [-0.39, 0.29) is 21.6 Å². The van der Waals surface area contributed by atoms with Gasteiger partial charge in [-0.3, -0.25) is 9.52 Å². The highest BCUT2D eigenvalue weighted by atomic mass is 35.5. The summed E-state index contributed by atoms with van der Waals surface area (Å²) in [4.78, 5) is 20.2. The summed E-state index contributed by atoms with van der Waals surface area (Å²) in [5.74, 6) is -4.84. The molecule has 24 heavy (non-hydrogen) atoms. The first-order chi connectivity index (χ1) is 11.1. The van der Waals surface area contributed by atoms with Crippen molar-refractivity contribution in [3.8, 4) is 0 Å². The number of benzene rings is 1. The number of nitrogens with zero attached hydrogens (tertiary/aromatic N) is 2. The molecular formula is C13H9Cl2F2N3O3S. The van der Waals surface area contributed by atoms with Crippen molar-refractivity contribution in [2.45, 2.75) is 12.7 Å². The average molecular weight is 396 g/mol. The van der Waals surface area contributed by atoms with Crippen molar-refractivity contribution in [2.75, 3.05) is 4.72 Å². The number of hydrogen-bond acceptors (Lipinski definition) is 5. The Bertz CT molecular complexity index is 887. The molecule has 1 N–H and O–H groups in total. The van der Waals surface area contributed by atoms with Gasteiger partial charge < -0.3 is 0 Å². The SMILES string of the molecule is Cc1cc(Cl)nc(C(=O)c2cccc(Cl)c2NS(=O)(=O)C(F)F)n1. The maximum Gasteiger partial charge on any atom is 0.355 e. The smallest absolute Gasteiger partial charge is 0.285 e. The minimum Gasteiger partial charge on any atom is -0.285 e. The summed E-state index contributed by atoms with van der Waals surface area (Å²) in [6, 6.07) is 5.22. The molecule has 0 fully saturated rings. The molecule has 0 radical (unpaired) electrons. The molecule has 0 amide bonds. The van der Waals surface area contributed by atoms with Gasteiger partial charge in [0.15, 0.2) is 0 Å². The molecule has 0 saturated carbocycles. The summed E-state index contributed by atoms with van der Waals surface area (Å²) < 4.78 is 49.5. The molecule has 0 saturated heterocycles. The number of nitrogens with one attached hydrogen (secondary N) is 1. The van der Waals surface area contributed by atoms with Crippen LogP contribution in [0, 0.1) is 6.92 Å². The number of anilines is 1. The van der Waals surface area contributed by atoms with E-state index in [2.05, 4.69) is 9.97 Å². The van der Waals surface area contributed by atoms with E-state index < -0.39 is 27.3 Å². The van der Waals surface area contributed by atoms with Crippen molar-refractivity contribution < 1.29 is 22.0 Å². The summed E-state index contributed by atoms with van der Waals surface area (Å²) >= 11 is 11.6. The molecule has 0 aliphatic rings. The third-order valence-corrected chi connectivity index (χ3v) is 4.23. The number of hydrogen-bond donors (Lipinski definition) is 1. The monoisotopic (exact) mass is 395 g/mol. The quantitative estimate of drug-likeness (QED) is 0.619. The Labute approximate surface area is 145 Å². The van der Waals surface area contributed by atoms with Gasteiger partial charge in [-0.1, -0.05) is 29.3 Å². The van der Waals surface area contributed by atoms with Gasteiger partial charge in [-0.05, 0) is 25.1 Å². The standard InChI is InChI=1S/C13H9Cl2F2N3O3S/c1-6-5-9(15)19-12(18-6)11(21)7-3-2-4-8(14)10(7)20-24(22,23)13(16)17/h2-5,13,20H,1H3. The lowest BCUT2D eigenvalue weighted by Crippen LogP contribution is -2.22. The zero-order valence-corrected chi connectivity index (χ0v) is 14.3. The predicted octanol–water partition coefficient (Wildman–Crippen LogP) is 3.29. The van der Waals surface area contributed by atoms with Gasteiger partial charge >= 0.3 is 5.76 Å². The normalized spacial score (nSPS) is 11.6. The highest BCUT2D eigenvalue weighted by Gasteiger charge is 2.28. The number of ketones is 1. The van der Waals surface area contributed by atoms with Gasteiger partial charge in [0.2, 0.25) is 11.6 Å². The number of aromatic nitrogens is 2. The maximum atomic E-state index is 12.6. The Balaban J connectivity index is 2.55. The molecule has 2 rings (SSSR count). The first-order valence-electron chi connectivity index (χ1n) is 6.26. The van der Waals surface area contributed by atoms with Crippen LogP contribution in [0.25, 0.3) is 0 Å². The summed E-state index contributed by atoms with van der Waals surface area (Å²) in [7, 11) is -5.02. The van der Waals surface area contributed by atoms with Crippen molar-refractivity contribution in [1.82, 2.24) is 9.97 Å². The second-order valence-electron chi connectivity index (χ2n) is 4.55. The molecule has 0 aliphatic heterocycles. The number of aryl methyl sites for hydroxylation is 1. The molecule has 0 atom stereocenters. The average Bonchev–Trinajstić information content (AvgIpc) is 2.47. The van der Waals surface area contributed by atoms with Crippen LogP contribution in [-0.2, 0) is 10.0 Å². The lowest BCUT2D eigenvalue weighted by molar-refractivity contribution is 0.103. The molecule has 1 heterocycles. The Morgan fingerprint density at radius 1 is 1.25 bits per heavy atom. The Morgan fingerprint density at radius 2 is 1.92 bits per heavy atom. The molecule has 1 aromatic carbocycles. The van der Waals surface area contributed by atoms with E-state index >= 15 is 0 Å². The number of alkyl halides is 2. The van der Waals surface area contributed by atoms with Crippen molar-refractivity contribution >= 4 is 44.7 Å². The van der Waals surface area contributed by atoms with Gasteiger partial charge in [-0.15, -0.1) is 0 Å². The van der Waals surface area contributed by atoms with Crippen LogP contribution in [0.15, 0.2) is 24.3 Å². The van der Waals surface area contributed by atoms with Gasteiger partial charge in [0.1, 0.15) is 5.15 Å². The molecule has 2 aromatic rings. The fraction of sp³-hybridized carbons (Fsp3) is 0.154. The summed E-state index contributed by atoms with van der Waals surface area (Å²) in [5, 5.41) is -0.230. The molecule has 11 heteroatoms. The lowest BCUT2D eigenvalue weighted by atomic mass is 10.1. The van der Waals surface area contributed by atoms with Crippen LogP contribution in [0.5, 0.6) is 0 Å². The molecule has 1 aromatic heterocycles. The largest absolute Gasteiger partial charge is 0.355 e. The van der Waals surface area contributed by atoms with Crippen LogP contribution in [-0.4, -0.2) is 29.9 Å². The molecule has 0 bridgehead atoms. The van der Waals surface area contributed by atoms with Gasteiger partial charge in [0.05, 0.1) is 16.3 Å². The highest BCUT2D eigenvalue weighted by Crippen LogP contribution is 2.29. The second kappa shape index (κ2) is 6.96. The summed E-state index contributed by atoms with van der Waals surface area (Å²) in [6.45, 7) is 1.57. The topological polar surface area (TPSA) is 89.0 Å². The van der Waals surface area contributed by atoms with Gasteiger partial charge in [0.25, 0.3) is 10.0 Å². The number of halogens is 4. The van der Waals surface area contributed by atoms with Crippen molar-refractivity contribution in [2.24, 2.45) is 0 Å². The Morgan fingerprint density at radius 3 is 2.50 bits per heavy atom. The Kier molecular flexibility index (Phi) is 5.36. The molecule has 0 aliphatic carbocycles. The number of rotatable bonds is 5. The predicted molar refractivity (Wildman–Crippen MR) is 85.2 cm³/mol. The van der Waals surface area contributed by atoms with Crippen LogP contribution < -0.4 is 4.72 Å². The number of sulfonamides is 1. The number of para-hydroxylation sites is 1. The van der Waals surface area contributed by atoms with Crippen LogP contribution in [0.4, 0.5) is 14.5 Å². The zero-order valence-electron chi connectivity index (χ0n) is 11.9. The first kappa shape index (κ1) is 18.5. The Hall–Kier alpha value is -1.84. The molecule has 0 spiro atoms. The first-order valence-corrected chi connectivity index (χ1v) is 8.56. The third-order valence-electron chi connectivity index (χ3n) is 2.76. The van der Waals surface area contributed by atoms with E-state index in [1.807, 2.05) is 0 Å². The second-order valence-corrected chi connectivity index (χ2v) is 7.00. The highest BCUT2D eigenvalue weighted by molar-refractivity contribution is 7.93. The minimum absolute atomic E-state index is 0.00240. The number of carbonyl (C=O) groups excluding carboxylic acids is 1. The van der Waals surface area contributed by atoms with E-state index in [9.17, 15) is 22.0 Å². The summed E-state index contributed by atoms with van der Waals surface area (Å²) in [5.41, 5.74) is -0.367. The van der Waals surface area contributed by atoms with Gasteiger partial charge in [-0.2, -0.15) is 8.78 Å². The van der Waals surface area contributed by atoms with Crippen molar-refractivity contribution in [3.63, 3.8) is 0 Å². The van der Waals surface area contributed by atoms with Crippen LogP contribution in [0.2, 0.25) is 10.2 Å². The zero-order chi connectivity index (χ0) is 18.1. The molecule has 128 valence electrons. The van der Waals surface area contributed by atoms with Gasteiger partial charge in [0, 0.05) is 5.69 Å². The van der Waals surface area contributed by atoms with E-state index in [0.29, 0.717) is 5.69 Å². The molecule has 0 unspecified atom stereocenters. The van der Waals surface area contributed by atoms with E-state index in [4.69, 9.17) is 23.2 Å². The number of carbonyl (C=O) groups is 1. The van der Waals surface area contributed by atoms with E-state index in [0.717, 1.165) is 0 Å². The van der Waals surface area contributed by atoms with E-state index in [1.165, 1.54) is 24.3 Å². The minimum atomic E-state index is -5.02. The van der Waals surface area contributed by atoms with Crippen LogP contribution in [0.3, 0.4) is 0 Å². The van der Waals surface area contributed by atoms with Crippen molar-refractivity contribution in [1.29, 1.82) is 0 Å². The van der Waals surface area contributed by atoms with Crippen LogP contribution >= 0.6 is 23.2 Å². The fourth-order valence-electron chi connectivity index (χ4n) is 1.76. The summed E-state index contributed by atoms with van der Waals surface area (Å²) in [6.07, 6.45) is 0. The van der Waals surface area contributed by atoms with Crippen LogP contribution in [0.1, 0.15) is 21.9 Å². The molecular weight excluding hydrogens is 387 g/mol. The lowest BCUT2D eigenvalue weighted by Gasteiger charge is -2.13. The van der Waals surface area contributed by atoms with Gasteiger partial charge in [-0.25, -0.2) is 18.4 Å². The van der Waals surface area contributed by atoms with E-state index in [1.54, 1.807) is 11.6 Å². The third kappa shape index (κ3) is 3.97.